The van der Waals surface area contributed by atoms with Crippen LogP contribution in [0.25, 0.3) is 0 Å². The van der Waals surface area contributed by atoms with Crippen LogP contribution < -0.4 is 5.32 Å². The molecule has 0 heterocycles. The maximum Gasteiger partial charge on any atom is 0.306 e. The van der Waals surface area contributed by atoms with Crippen LogP contribution in [0, 0.1) is 0 Å². The second-order valence-corrected chi connectivity index (χ2v) is 18.6. The fraction of sp³-hybridized carbons (Fsp3) is 0.857. The number of unbranched alkanes of at least 4 members (excludes halogenated alkanes) is 31. The van der Waals surface area contributed by atoms with E-state index in [-0.39, 0.29) is 24.9 Å². The highest BCUT2D eigenvalue weighted by Gasteiger charge is 2.24. The number of hydrogen-bond donors (Lipinski definition) is 3. The summed E-state index contributed by atoms with van der Waals surface area (Å²) in [5.41, 5.74) is 0. The first-order valence-electron chi connectivity index (χ1n) is 27.2. The van der Waals surface area contributed by atoms with Crippen LogP contribution in [0.2, 0.25) is 0 Å². The van der Waals surface area contributed by atoms with Crippen LogP contribution >= 0.6 is 0 Å². The van der Waals surface area contributed by atoms with Gasteiger partial charge in [-0.25, -0.2) is 0 Å². The smallest absolute Gasteiger partial charge is 0.306 e. The number of nitrogens with one attached hydrogen (secondary N) is 1. The van der Waals surface area contributed by atoms with Gasteiger partial charge in [-0.3, -0.25) is 9.59 Å². The predicted molar refractivity (Wildman–Crippen MR) is 269 cm³/mol. The first-order chi connectivity index (χ1) is 30.5. The van der Waals surface area contributed by atoms with Gasteiger partial charge in [0.1, 0.15) is 6.10 Å². The van der Waals surface area contributed by atoms with E-state index in [1.54, 1.807) is 0 Å². The maximum atomic E-state index is 13.2. The van der Waals surface area contributed by atoms with Gasteiger partial charge in [0.2, 0.25) is 5.91 Å². The molecule has 0 bridgehead atoms. The number of ether oxygens (including phenoxy) is 1. The summed E-state index contributed by atoms with van der Waals surface area (Å²) in [5, 5.41) is 23.8. The summed E-state index contributed by atoms with van der Waals surface area (Å²) >= 11 is 0. The van der Waals surface area contributed by atoms with Crippen molar-refractivity contribution in [2.45, 2.75) is 302 Å². The number of amides is 1. The van der Waals surface area contributed by atoms with Gasteiger partial charge in [0.05, 0.1) is 25.2 Å². The van der Waals surface area contributed by atoms with Crippen LogP contribution in [-0.2, 0) is 14.3 Å². The molecule has 0 fully saturated rings. The quantitative estimate of drug-likeness (QED) is 0.0321. The lowest BCUT2D eigenvalue weighted by Crippen LogP contribution is -2.46. The summed E-state index contributed by atoms with van der Waals surface area (Å²) in [6.45, 7) is 6.47. The van der Waals surface area contributed by atoms with E-state index in [1.807, 2.05) is 0 Å². The van der Waals surface area contributed by atoms with Gasteiger partial charge in [0.25, 0.3) is 0 Å². The molecule has 6 heteroatoms. The number of rotatable bonds is 49. The molecule has 0 aliphatic carbocycles. The number of carbonyl (C=O) groups is 2. The second kappa shape index (κ2) is 50.1. The summed E-state index contributed by atoms with van der Waals surface area (Å²) in [5.74, 6) is -0.486. The molecule has 0 saturated heterocycles. The lowest BCUT2D eigenvalue weighted by atomic mass is 10.0. The van der Waals surface area contributed by atoms with E-state index in [4.69, 9.17) is 4.74 Å². The van der Waals surface area contributed by atoms with E-state index < -0.39 is 18.2 Å². The summed E-state index contributed by atoms with van der Waals surface area (Å²) in [6, 6.07) is -0.702. The lowest BCUT2D eigenvalue weighted by molar-refractivity contribution is -0.151. The minimum absolute atomic E-state index is 0.0727. The van der Waals surface area contributed by atoms with Gasteiger partial charge in [-0.15, -0.1) is 0 Å². The van der Waals surface area contributed by atoms with E-state index in [1.165, 1.54) is 161 Å². The molecule has 0 aromatic heterocycles. The van der Waals surface area contributed by atoms with Gasteiger partial charge >= 0.3 is 5.97 Å². The highest BCUT2D eigenvalue weighted by atomic mass is 16.5. The maximum absolute atomic E-state index is 13.2. The normalized spacial score (nSPS) is 13.4. The molecule has 3 atom stereocenters. The van der Waals surface area contributed by atoms with Crippen LogP contribution in [0.15, 0.2) is 36.5 Å². The minimum atomic E-state index is -0.788. The van der Waals surface area contributed by atoms with Crippen molar-refractivity contribution in [1.82, 2.24) is 5.32 Å². The molecule has 0 aliphatic rings. The Morgan fingerprint density at radius 1 is 0.468 bits per heavy atom. The van der Waals surface area contributed by atoms with Crippen LogP contribution in [0.3, 0.4) is 0 Å². The number of aliphatic hydroxyl groups excluding tert-OH is 2. The molecule has 0 saturated carbocycles. The van der Waals surface area contributed by atoms with Crippen molar-refractivity contribution in [3.05, 3.63) is 36.5 Å². The molecule has 6 nitrogen and oxygen atoms in total. The van der Waals surface area contributed by atoms with Crippen molar-refractivity contribution in [2.75, 3.05) is 6.61 Å². The Balaban J connectivity index is 4.59. The number of carbonyl (C=O) groups excluding carboxylic acids is 2. The number of hydrogen-bond acceptors (Lipinski definition) is 5. The van der Waals surface area contributed by atoms with E-state index in [0.717, 1.165) is 77.0 Å². The highest BCUT2D eigenvalue weighted by Crippen LogP contribution is 2.18. The van der Waals surface area contributed by atoms with Gasteiger partial charge < -0.3 is 20.3 Å². The molecule has 0 aromatic rings. The zero-order valence-electron chi connectivity index (χ0n) is 41.5. The van der Waals surface area contributed by atoms with Gasteiger partial charge in [0, 0.05) is 6.42 Å². The highest BCUT2D eigenvalue weighted by molar-refractivity contribution is 5.77. The van der Waals surface area contributed by atoms with Crippen LogP contribution in [0.4, 0.5) is 0 Å². The Labute approximate surface area is 385 Å². The Bertz CT molecular complexity index is 1020. The predicted octanol–water partition coefficient (Wildman–Crippen LogP) is 16.5. The third kappa shape index (κ3) is 44.7. The van der Waals surface area contributed by atoms with E-state index in [0.29, 0.717) is 19.3 Å². The monoisotopic (exact) mass is 872 g/mol. The standard InChI is InChI=1S/C56H105NO5/c1-4-7-10-13-16-19-22-24-26-27-29-31-34-37-40-43-46-49-56(61)62-52(47-44-41-38-35-33-30-28-25-23-20-17-14-11-8-5-2)50-55(60)57-53(51-58)54(59)48-45-42-39-36-32-21-18-15-12-9-6-3/h16,19,24,26,29,31,52-54,58-59H,4-15,17-18,20-23,25,27-28,30,32-51H2,1-3H3,(H,57,60)/b19-16-,26-24-,31-29-. The average Bonchev–Trinajstić information content (AvgIpc) is 3.26. The van der Waals surface area contributed by atoms with E-state index in [9.17, 15) is 19.8 Å². The summed E-state index contributed by atoms with van der Waals surface area (Å²) in [6.07, 6.45) is 59.1. The van der Waals surface area contributed by atoms with Crippen molar-refractivity contribution >= 4 is 11.9 Å². The number of esters is 1. The number of aliphatic hydroxyl groups is 2. The third-order valence-electron chi connectivity index (χ3n) is 12.5. The molecule has 0 aromatic carbocycles. The van der Waals surface area contributed by atoms with Crippen LogP contribution in [0.5, 0.6) is 0 Å². The van der Waals surface area contributed by atoms with Gasteiger partial charge in [-0.05, 0) is 64.2 Å². The molecule has 364 valence electrons. The van der Waals surface area contributed by atoms with E-state index in [2.05, 4.69) is 62.5 Å². The molecular weight excluding hydrogens is 767 g/mol. The van der Waals surface area contributed by atoms with Gasteiger partial charge in [-0.2, -0.15) is 0 Å². The van der Waals surface area contributed by atoms with Gasteiger partial charge in [0.15, 0.2) is 0 Å². The van der Waals surface area contributed by atoms with Crippen LogP contribution in [0.1, 0.15) is 284 Å². The Morgan fingerprint density at radius 2 is 0.823 bits per heavy atom. The largest absolute Gasteiger partial charge is 0.462 e. The molecule has 0 spiro atoms. The van der Waals surface area contributed by atoms with Crippen molar-refractivity contribution in [1.29, 1.82) is 0 Å². The third-order valence-corrected chi connectivity index (χ3v) is 12.5. The minimum Gasteiger partial charge on any atom is -0.462 e. The molecule has 0 aliphatic heterocycles. The summed E-state index contributed by atoms with van der Waals surface area (Å²) in [7, 11) is 0. The Hall–Kier alpha value is -1.92. The zero-order chi connectivity index (χ0) is 45.2. The molecule has 0 radical (unpaired) electrons. The van der Waals surface area contributed by atoms with Gasteiger partial charge in [-0.1, -0.05) is 243 Å². The van der Waals surface area contributed by atoms with Crippen molar-refractivity contribution in [2.24, 2.45) is 0 Å². The molecule has 62 heavy (non-hydrogen) atoms. The topological polar surface area (TPSA) is 95.9 Å². The lowest BCUT2D eigenvalue weighted by Gasteiger charge is -2.24. The fourth-order valence-corrected chi connectivity index (χ4v) is 8.32. The number of allylic oxidation sites excluding steroid dienone is 6. The van der Waals surface area contributed by atoms with Crippen molar-refractivity contribution < 1.29 is 24.5 Å². The molecule has 1 amide bonds. The first-order valence-corrected chi connectivity index (χ1v) is 27.2. The summed E-state index contributed by atoms with van der Waals surface area (Å²) in [4.78, 5) is 26.2. The molecule has 0 rings (SSSR count). The summed E-state index contributed by atoms with van der Waals surface area (Å²) < 4.78 is 5.94. The second-order valence-electron chi connectivity index (χ2n) is 18.6. The van der Waals surface area contributed by atoms with Crippen LogP contribution in [-0.4, -0.2) is 46.9 Å². The molecule has 3 N–H and O–H groups in total. The Kier molecular flexibility index (Phi) is 48.5. The van der Waals surface area contributed by atoms with Crippen molar-refractivity contribution in [3.63, 3.8) is 0 Å². The fourth-order valence-electron chi connectivity index (χ4n) is 8.32. The average molecular weight is 872 g/mol. The van der Waals surface area contributed by atoms with E-state index >= 15 is 0 Å². The zero-order valence-corrected chi connectivity index (χ0v) is 41.5. The molecular formula is C56H105NO5. The molecule has 3 unspecified atom stereocenters. The Morgan fingerprint density at radius 3 is 1.27 bits per heavy atom. The SMILES string of the molecule is CCCCC/C=C\C/C=C\C/C=C\CCCCCCC(=O)OC(CCCCCCCCCCCCCCCCC)CC(=O)NC(CO)C(O)CCCCCCCCCCCCC. The van der Waals surface area contributed by atoms with Crippen molar-refractivity contribution in [3.8, 4) is 0 Å². The first kappa shape index (κ1) is 60.1.